The number of alkyl halides is 3. The second-order valence-electron chi connectivity index (χ2n) is 6.94. The van der Waals surface area contributed by atoms with Crippen molar-refractivity contribution in [3.05, 3.63) is 59.4 Å². The number of hydrogen-bond acceptors (Lipinski definition) is 4. The monoisotopic (exact) mass is 408 g/mol. The van der Waals surface area contributed by atoms with Gasteiger partial charge in [-0.1, -0.05) is 12.1 Å². The van der Waals surface area contributed by atoms with Gasteiger partial charge in [0.25, 0.3) is 5.91 Å². The summed E-state index contributed by atoms with van der Waals surface area (Å²) in [5.74, 6) is 0.375. The topological polar surface area (TPSA) is 60.5 Å². The SMILES string of the molecule is O=C(NCC1CCOCC1)c1ccc(CCOc2cccc(C(F)(F)F)c2)cn1. The number of nitrogens with one attached hydrogen (secondary N) is 1. The fourth-order valence-corrected chi connectivity index (χ4v) is 3.03. The van der Waals surface area contributed by atoms with E-state index in [-0.39, 0.29) is 18.3 Å². The fraction of sp³-hybridized carbons (Fsp3) is 0.429. The molecule has 0 bridgehead atoms. The first-order valence-electron chi connectivity index (χ1n) is 9.53. The summed E-state index contributed by atoms with van der Waals surface area (Å²) in [6, 6.07) is 8.18. The number of aromatic nitrogens is 1. The van der Waals surface area contributed by atoms with E-state index in [4.69, 9.17) is 9.47 Å². The Balaban J connectivity index is 1.45. The van der Waals surface area contributed by atoms with E-state index < -0.39 is 11.7 Å². The molecule has 0 atom stereocenters. The van der Waals surface area contributed by atoms with E-state index in [2.05, 4.69) is 10.3 Å². The number of hydrogen-bond donors (Lipinski definition) is 1. The zero-order valence-electron chi connectivity index (χ0n) is 15.9. The Hall–Kier alpha value is -2.61. The quantitative estimate of drug-likeness (QED) is 0.756. The molecule has 1 aliphatic rings. The Morgan fingerprint density at radius 2 is 2.00 bits per heavy atom. The molecule has 0 aliphatic carbocycles. The molecule has 0 spiro atoms. The zero-order valence-corrected chi connectivity index (χ0v) is 15.9. The van der Waals surface area contributed by atoms with E-state index in [0.717, 1.165) is 43.8 Å². The maximum atomic E-state index is 12.7. The maximum absolute atomic E-state index is 12.7. The highest BCUT2D eigenvalue weighted by Gasteiger charge is 2.30. The molecule has 0 radical (unpaired) electrons. The average Bonchev–Trinajstić information content (AvgIpc) is 2.73. The van der Waals surface area contributed by atoms with Crippen molar-refractivity contribution in [1.82, 2.24) is 10.3 Å². The van der Waals surface area contributed by atoms with Gasteiger partial charge in [-0.15, -0.1) is 0 Å². The number of carbonyl (C=O) groups excluding carboxylic acids is 1. The van der Waals surface area contributed by atoms with Crippen LogP contribution in [0.4, 0.5) is 13.2 Å². The van der Waals surface area contributed by atoms with E-state index in [0.29, 0.717) is 24.6 Å². The number of halogens is 3. The average molecular weight is 408 g/mol. The van der Waals surface area contributed by atoms with Crippen molar-refractivity contribution in [2.24, 2.45) is 5.92 Å². The lowest BCUT2D eigenvalue weighted by Crippen LogP contribution is -2.32. The van der Waals surface area contributed by atoms with Gasteiger partial charge in [-0.2, -0.15) is 13.2 Å². The normalized spacial score (nSPS) is 15.1. The minimum absolute atomic E-state index is 0.164. The van der Waals surface area contributed by atoms with Gasteiger partial charge in [0.1, 0.15) is 11.4 Å². The second-order valence-corrected chi connectivity index (χ2v) is 6.94. The van der Waals surface area contributed by atoms with Crippen LogP contribution in [0.15, 0.2) is 42.6 Å². The lowest BCUT2D eigenvalue weighted by molar-refractivity contribution is -0.137. The summed E-state index contributed by atoms with van der Waals surface area (Å²) in [7, 11) is 0. The third kappa shape index (κ3) is 6.45. The van der Waals surface area contributed by atoms with Gasteiger partial charge < -0.3 is 14.8 Å². The summed E-state index contributed by atoms with van der Waals surface area (Å²) in [5, 5.41) is 2.90. The highest BCUT2D eigenvalue weighted by atomic mass is 19.4. The van der Waals surface area contributed by atoms with Crippen molar-refractivity contribution in [2.45, 2.75) is 25.4 Å². The Morgan fingerprint density at radius 1 is 1.21 bits per heavy atom. The Labute approximate surface area is 167 Å². The number of carbonyl (C=O) groups is 1. The molecule has 8 heteroatoms. The minimum atomic E-state index is -4.40. The van der Waals surface area contributed by atoms with Gasteiger partial charge in [-0.05, 0) is 48.6 Å². The molecule has 5 nitrogen and oxygen atoms in total. The van der Waals surface area contributed by atoms with E-state index >= 15 is 0 Å². The highest BCUT2D eigenvalue weighted by molar-refractivity contribution is 5.92. The molecule has 1 aromatic heterocycles. The summed E-state index contributed by atoms with van der Waals surface area (Å²) < 4.78 is 48.9. The molecule has 29 heavy (non-hydrogen) atoms. The molecular weight excluding hydrogens is 385 g/mol. The van der Waals surface area contributed by atoms with Crippen LogP contribution in [0.1, 0.15) is 34.5 Å². The summed E-state index contributed by atoms with van der Waals surface area (Å²) in [5.41, 5.74) is 0.422. The van der Waals surface area contributed by atoms with Crippen molar-refractivity contribution in [3.8, 4) is 5.75 Å². The first-order valence-corrected chi connectivity index (χ1v) is 9.53. The standard InChI is InChI=1S/C21H23F3N2O3/c22-21(23,24)17-2-1-3-18(12-17)29-11-8-15-4-5-19(25-13-15)20(27)26-14-16-6-9-28-10-7-16/h1-5,12-13,16H,6-11,14H2,(H,26,27). The number of amides is 1. The lowest BCUT2D eigenvalue weighted by atomic mass is 10.0. The van der Waals surface area contributed by atoms with E-state index in [1.54, 1.807) is 18.3 Å². The molecule has 156 valence electrons. The van der Waals surface area contributed by atoms with Gasteiger partial charge in [0, 0.05) is 32.4 Å². The summed E-state index contributed by atoms with van der Waals surface area (Å²) >= 11 is 0. The summed E-state index contributed by atoms with van der Waals surface area (Å²) in [6.07, 6.45) is -0.465. The van der Waals surface area contributed by atoms with Gasteiger partial charge in [-0.25, -0.2) is 0 Å². The maximum Gasteiger partial charge on any atom is 0.416 e. The summed E-state index contributed by atoms with van der Waals surface area (Å²) in [6.45, 7) is 2.28. The fourth-order valence-electron chi connectivity index (χ4n) is 3.03. The smallest absolute Gasteiger partial charge is 0.416 e. The zero-order chi connectivity index (χ0) is 20.7. The van der Waals surface area contributed by atoms with E-state index in [1.807, 2.05) is 0 Å². The minimum Gasteiger partial charge on any atom is -0.493 e. The first kappa shape index (κ1) is 21.1. The predicted octanol–water partition coefficient (Wildman–Crippen LogP) is 3.88. The van der Waals surface area contributed by atoms with Crippen molar-refractivity contribution < 1.29 is 27.4 Å². The Kier molecular flexibility index (Phi) is 7.09. The Bertz CT molecular complexity index is 804. The molecule has 3 rings (SSSR count). The third-order valence-corrected chi connectivity index (χ3v) is 4.77. The van der Waals surface area contributed by atoms with Gasteiger partial charge in [0.05, 0.1) is 12.2 Å². The van der Waals surface area contributed by atoms with Crippen molar-refractivity contribution in [3.63, 3.8) is 0 Å². The van der Waals surface area contributed by atoms with Gasteiger partial charge >= 0.3 is 6.18 Å². The summed E-state index contributed by atoms with van der Waals surface area (Å²) in [4.78, 5) is 16.4. The number of ether oxygens (including phenoxy) is 2. The molecule has 1 amide bonds. The number of pyridine rings is 1. The van der Waals surface area contributed by atoms with Crippen LogP contribution >= 0.6 is 0 Å². The van der Waals surface area contributed by atoms with Crippen LogP contribution in [-0.4, -0.2) is 37.3 Å². The first-order chi connectivity index (χ1) is 13.9. The van der Waals surface area contributed by atoms with Crippen molar-refractivity contribution >= 4 is 5.91 Å². The van der Waals surface area contributed by atoms with Gasteiger partial charge in [-0.3, -0.25) is 9.78 Å². The van der Waals surface area contributed by atoms with E-state index in [1.165, 1.54) is 12.1 Å². The molecule has 1 N–H and O–H groups in total. The molecule has 1 aromatic carbocycles. The van der Waals surface area contributed by atoms with Crippen LogP contribution in [0.25, 0.3) is 0 Å². The molecule has 0 unspecified atom stereocenters. The molecular formula is C21H23F3N2O3. The van der Waals surface area contributed by atoms with Crippen molar-refractivity contribution in [2.75, 3.05) is 26.4 Å². The van der Waals surface area contributed by atoms with Crippen LogP contribution < -0.4 is 10.1 Å². The number of rotatable bonds is 7. The lowest BCUT2D eigenvalue weighted by Gasteiger charge is -2.22. The Morgan fingerprint density at radius 3 is 2.69 bits per heavy atom. The number of nitrogens with zero attached hydrogens (tertiary/aromatic N) is 1. The third-order valence-electron chi connectivity index (χ3n) is 4.77. The highest BCUT2D eigenvalue weighted by Crippen LogP contribution is 2.31. The largest absolute Gasteiger partial charge is 0.493 e. The molecule has 1 fully saturated rings. The van der Waals surface area contributed by atoms with Crippen LogP contribution in [-0.2, 0) is 17.3 Å². The van der Waals surface area contributed by atoms with Crippen LogP contribution in [0.5, 0.6) is 5.75 Å². The molecule has 1 aliphatic heterocycles. The van der Waals surface area contributed by atoms with E-state index in [9.17, 15) is 18.0 Å². The van der Waals surface area contributed by atoms with Crippen molar-refractivity contribution in [1.29, 1.82) is 0 Å². The molecule has 1 saturated heterocycles. The van der Waals surface area contributed by atoms with Gasteiger partial charge in [0.15, 0.2) is 0 Å². The molecule has 2 aromatic rings. The molecule has 2 heterocycles. The van der Waals surface area contributed by atoms with Crippen LogP contribution in [0.3, 0.4) is 0 Å². The number of benzene rings is 1. The van der Waals surface area contributed by atoms with Crippen LogP contribution in [0.2, 0.25) is 0 Å². The molecule has 0 saturated carbocycles. The predicted molar refractivity (Wildman–Crippen MR) is 101 cm³/mol. The van der Waals surface area contributed by atoms with Crippen LogP contribution in [0, 0.1) is 5.92 Å². The van der Waals surface area contributed by atoms with Gasteiger partial charge in [0.2, 0.25) is 0 Å². The second kappa shape index (κ2) is 9.73.